The maximum Gasteiger partial charge on any atom is 0.251 e. The zero-order valence-corrected chi connectivity index (χ0v) is 12.1. The Morgan fingerprint density at radius 2 is 2.28 bits per heavy atom. The molecule has 4 nitrogen and oxygen atoms in total. The molecule has 1 saturated heterocycles. The number of hydrogen-bond acceptors (Lipinski definition) is 3. The molecule has 18 heavy (non-hydrogen) atoms. The standard InChI is InChI=1S/C13H18BrN3O/c1-10(9-17-6-2-3-7-17)16-13(18)11-4-5-15-12(14)8-11/h4-5,8,10H,2-3,6-7,9H2,1H3,(H,16,18). The van der Waals surface area contributed by atoms with E-state index in [1.165, 1.54) is 12.8 Å². The molecule has 1 atom stereocenters. The number of nitrogens with one attached hydrogen (secondary N) is 1. The zero-order valence-electron chi connectivity index (χ0n) is 10.5. The van der Waals surface area contributed by atoms with Crippen LogP contribution >= 0.6 is 15.9 Å². The summed E-state index contributed by atoms with van der Waals surface area (Å²) in [5.74, 6) is -0.0372. The van der Waals surface area contributed by atoms with Crippen molar-refractivity contribution in [2.24, 2.45) is 0 Å². The molecule has 0 aliphatic carbocycles. The third-order valence-electron chi connectivity index (χ3n) is 3.10. The fraction of sp³-hybridized carbons (Fsp3) is 0.538. The van der Waals surface area contributed by atoms with Gasteiger partial charge in [-0.1, -0.05) is 0 Å². The minimum absolute atomic E-state index is 0.0372. The number of amides is 1. The fourth-order valence-corrected chi connectivity index (χ4v) is 2.61. The van der Waals surface area contributed by atoms with Crippen molar-refractivity contribution in [1.82, 2.24) is 15.2 Å². The number of carbonyl (C=O) groups is 1. The van der Waals surface area contributed by atoms with Crippen molar-refractivity contribution in [2.45, 2.75) is 25.8 Å². The number of hydrogen-bond donors (Lipinski definition) is 1. The van der Waals surface area contributed by atoms with Gasteiger partial charge in [0.2, 0.25) is 0 Å². The van der Waals surface area contributed by atoms with Gasteiger partial charge in [-0.05, 0) is 60.9 Å². The van der Waals surface area contributed by atoms with Crippen molar-refractivity contribution < 1.29 is 4.79 Å². The molecule has 98 valence electrons. The topological polar surface area (TPSA) is 45.2 Å². The first-order valence-corrected chi connectivity index (χ1v) is 7.09. The predicted molar refractivity (Wildman–Crippen MR) is 74.5 cm³/mol. The largest absolute Gasteiger partial charge is 0.348 e. The van der Waals surface area contributed by atoms with Crippen LogP contribution in [0.3, 0.4) is 0 Å². The monoisotopic (exact) mass is 311 g/mol. The maximum absolute atomic E-state index is 12.0. The number of halogens is 1. The van der Waals surface area contributed by atoms with Crippen LogP contribution in [0.15, 0.2) is 22.9 Å². The van der Waals surface area contributed by atoms with Gasteiger partial charge in [0, 0.05) is 24.3 Å². The maximum atomic E-state index is 12.0. The van der Waals surface area contributed by atoms with Crippen LogP contribution in [0.25, 0.3) is 0 Å². The molecule has 2 heterocycles. The van der Waals surface area contributed by atoms with Gasteiger partial charge in [0.15, 0.2) is 0 Å². The SMILES string of the molecule is CC(CN1CCCC1)NC(=O)c1ccnc(Br)c1. The number of nitrogens with zero attached hydrogens (tertiary/aromatic N) is 2. The molecule has 1 unspecified atom stereocenters. The quantitative estimate of drug-likeness (QED) is 0.866. The molecule has 1 aliphatic heterocycles. The molecule has 0 radical (unpaired) electrons. The Kier molecular flexibility index (Phi) is 4.72. The van der Waals surface area contributed by atoms with Crippen molar-refractivity contribution in [1.29, 1.82) is 0 Å². The van der Waals surface area contributed by atoms with Crippen LogP contribution in [0.2, 0.25) is 0 Å². The summed E-state index contributed by atoms with van der Waals surface area (Å²) >= 11 is 3.27. The average molecular weight is 312 g/mol. The highest BCUT2D eigenvalue weighted by Crippen LogP contribution is 2.10. The van der Waals surface area contributed by atoms with E-state index in [1.807, 2.05) is 6.92 Å². The predicted octanol–water partition coefficient (Wildman–Crippen LogP) is 2.06. The Morgan fingerprint density at radius 1 is 1.56 bits per heavy atom. The molecule has 1 N–H and O–H groups in total. The second kappa shape index (κ2) is 6.29. The minimum Gasteiger partial charge on any atom is -0.348 e. The lowest BCUT2D eigenvalue weighted by atomic mass is 10.2. The molecular formula is C13H18BrN3O. The second-order valence-electron chi connectivity index (χ2n) is 4.75. The molecule has 1 aliphatic rings. The summed E-state index contributed by atoms with van der Waals surface area (Å²) in [7, 11) is 0. The van der Waals surface area contributed by atoms with E-state index in [9.17, 15) is 4.79 Å². The van der Waals surface area contributed by atoms with E-state index in [2.05, 4.69) is 31.1 Å². The van der Waals surface area contributed by atoms with Crippen LogP contribution in [0.1, 0.15) is 30.1 Å². The van der Waals surface area contributed by atoms with Crippen LogP contribution in [-0.2, 0) is 0 Å². The van der Waals surface area contributed by atoms with E-state index in [4.69, 9.17) is 0 Å². The van der Waals surface area contributed by atoms with E-state index in [0.29, 0.717) is 10.2 Å². The van der Waals surface area contributed by atoms with Gasteiger partial charge in [-0.2, -0.15) is 0 Å². The third-order valence-corrected chi connectivity index (χ3v) is 3.53. The van der Waals surface area contributed by atoms with Crippen LogP contribution < -0.4 is 5.32 Å². The number of carbonyl (C=O) groups excluding carboxylic acids is 1. The molecule has 1 aromatic rings. The van der Waals surface area contributed by atoms with Gasteiger partial charge in [0.25, 0.3) is 5.91 Å². The Bertz CT molecular complexity index is 418. The van der Waals surface area contributed by atoms with Crippen LogP contribution in [0, 0.1) is 0 Å². The highest BCUT2D eigenvalue weighted by atomic mass is 79.9. The Balaban J connectivity index is 1.86. The average Bonchev–Trinajstić information content (AvgIpc) is 2.81. The van der Waals surface area contributed by atoms with Crippen LogP contribution in [0.4, 0.5) is 0 Å². The third kappa shape index (κ3) is 3.78. The smallest absolute Gasteiger partial charge is 0.251 e. The summed E-state index contributed by atoms with van der Waals surface area (Å²) in [5, 5.41) is 3.02. The summed E-state index contributed by atoms with van der Waals surface area (Å²) in [6.45, 7) is 5.28. The van der Waals surface area contributed by atoms with E-state index in [0.717, 1.165) is 19.6 Å². The Hall–Kier alpha value is -0.940. The lowest BCUT2D eigenvalue weighted by molar-refractivity contribution is 0.0931. The van der Waals surface area contributed by atoms with Crippen molar-refractivity contribution >= 4 is 21.8 Å². The number of pyridine rings is 1. The molecule has 5 heteroatoms. The Labute approximate surface area is 116 Å². The van der Waals surface area contributed by atoms with Gasteiger partial charge in [-0.25, -0.2) is 4.98 Å². The lowest BCUT2D eigenvalue weighted by Crippen LogP contribution is -2.41. The van der Waals surface area contributed by atoms with Crippen molar-refractivity contribution in [3.63, 3.8) is 0 Å². The lowest BCUT2D eigenvalue weighted by Gasteiger charge is -2.21. The van der Waals surface area contributed by atoms with E-state index in [1.54, 1.807) is 18.3 Å². The van der Waals surface area contributed by atoms with Gasteiger partial charge >= 0.3 is 0 Å². The van der Waals surface area contributed by atoms with Crippen molar-refractivity contribution in [2.75, 3.05) is 19.6 Å². The molecule has 1 aromatic heterocycles. The van der Waals surface area contributed by atoms with Gasteiger partial charge in [0.1, 0.15) is 4.60 Å². The molecule has 0 aromatic carbocycles. The summed E-state index contributed by atoms with van der Waals surface area (Å²) in [6, 6.07) is 3.63. The molecular weight excluding hydrogens is 294 g/mol. The molecule has 1 amide bonds. The van der Waals surface area contributed by atoms with Gasteiger partial charge in [-0.3, -0.25) is 4.79 Å². The minimum atomic E-state index is -0.0372. The summed E-state index contributed by atoms with van der Waals surface area (Å²) in [5.41, 5.74) is 0.644. The fourth-order valence-electron chi connectivity index (χ4n) is 2.25. The van der Waals surface area contributed by atoms with Crippen molar-refractivity contribution in [3.8, 4) is 0 Å². The normalized spacial score (nSPS) is 17.7. The molecule has 1 fully saturated rings. The first-order chi connectivity index (χ1) is 8.65. The number of rotatable bonds is 4. The van der Waals surface area contributed by atoms with E-state index < -0.39 is 0 Å². The first kappa shape index (κ1) is 13.5. The molecule has 0 saturated carbocycles. The van der Waals surface area contributed by atoms with Crippen LogP contribution in [-0.4, -0.2) is 41.5 Å². The molecule has 0 spiro atoms. The summed E-state index contributed by atoms with van der Waals surface area (Å²) in [6.07, 6.45) is 4.18. The van der Waals surface area contributed by atoms with Gasteiger partial charge < -0.3 is 10.2 Å². The van der Waals surface area contributed by atoms with Crippen molar-refractivity contribution in [3.05, 3.63) is 28.5 Å². The van der Waals surface area contributed by atoms with Crippen LogP contribution in [0.5, 0.6) is 0 Å². The Morgan fingerprint density at radius 3 is 2.94 bits per heavy atom. The molecule has 0 bridgehead atoms. The zero-order chi connectivity index (χ0) is 13.0. The number of aromatic nitrogens is 1. The highest BCUT2D eigenvalue weighted by Gasteiger charge is 2.16. The molecule has 2 rings (SSSR count). The number of likely N-dealkylation sites (tertiary alicyclic amines) is 1. The second-order valence-corrected chi connectivity index (χ2v) is 5.56. The van der Waals surface area contributed by atoms with E-state index >= 15 is 0 Å². The summed E-state index contributed by atoms with van der Waals surface area (Å²) < 4.78 is 0.683. The highest BCUT2D eigenvalue weighted by molar-refractivity contribution is 9.10. The van der Waals surface area contributed by atoms with E-state index in [-0.39, 0.29) is 11.9 Å². The van der Waals surface area contributed by atoms with Gasteiger partial charge in [0.05, 0.1) is 0 Å². The van der Waals surface area contributed by atoms with Gasteiger partial charge in [-0.15, -0.1) is 0 Å². The first-order valence-electron chi connectivity index (χ1n) is 6.30. The summed E-state index contributed by atoms with van der Waals surface area (Å²) in [4.78, 5) is 18.4.